The van der Waals surface area contributed by atoms with Crippen molar-refractivity contribution in [1.29, 1.82) is 0 Å². The van der Waals surface area contributed by atoms with E-state index in [4.69, 9.17) is 18.6 Å². The molecule has 174 valence electrons. The molecule has 0 aliphatic carbocycles. The molecule has 0 spiro atoms. The Morgan fingerprint density at radius 1 is 0.853 bits per heavy atom. The zero-order valence-corrected chi connectivity index (χ0v) is 18.5. The Morgan fingerprint density at radius 3 is 2.00 bits per heavy atom. The largest absolute Gasteiger partial charge is 0.507 e. The van der Waals surface area contributed by atoms with Crippen LogP contribution < -0.4 is 19.5 Å². The Morgan fingerprint density at radius 2 is 1.44 bits per heavy atom. The van der Waals surface area contributed by atoms with Gasteiger partial charge in [0.15, 0.2) is 11.5 Å². The van der Waals surface area contributed by atoms with Gasteiger partial charge in [-0.05, 0) is 48.5 Å². The normalized spacial score (nSPS) is 10.6. The molecule has 3 aromatic carbocycles. The highest BCUT2D eigenvalue weighted by atomic mass is 16.5. The lowest BCUT2D eigenvalue weighted by Gasteiger charge is -2.14. The molecule has 4 rings (SSSR count). The molecule has 10 nitrogen and oxygen atoms in total. The van der Waals surface area contributed by atoms with Crippen molar-refractivity contribution >= 4 is 11.6 Å². The second-order valence-electron chi connectivity index (χ2n) is 7.03. The predicted molar refractivity (Wildman–Crippen MR) is 123 cm³/mol. The lowest BCUT2D eigenvalue weighted by atomic mass is 10.1. The van der Waals surface area contributed by atoms with E-state index in [2.05, 4.69) is 15.5 Å². The van der Waals surface area contributed by atoms with Crippen LogP contribution in [0.5, 0.6) is 28.7 Å². The third kappa shape index (κ3) is 4.29. The quantitative estimate of drug-likeness (QED) is 0.370. The fourth-order valence-electron chi connectivity index (χ4n) is 3.30. The number of aromatic hydroxyl groups is 2. The summed E-state index contributed by atoms with van der Waals surface area (Å²) in [4.78, 5) is 12.8. The molecular weight excluding hydrogens is 442 g/mol. The maximum absolute atomic E-state index is 12.8. The molecular formula is C24H21N3O7. The van der Waals surface area contributed by atoms with E-state index >= 15 is 0 Å². The summed E-state index contributed by atoms with van der Waals surface area (Å²) in [5.74, 6) is 0.546. The van der Waals surface area contributed by atoms with Gasteiger partial charge in [0.05, 0.1) is 21.3 Å². The van der Waals surface area contributed by atoms with Crippen molar-refractivity contribution in [2.45, 2.75) is 0 Å². The van der Waals surface area contributed by atoms with E-state index in [0.717, 1.165) is 0 Å². The maximum Gasteiger partial charge on any atom is 0.255 e. The molecule has 0 fully saturated rings. The zero-order valence-electron chi connectivity index (χ0n) is 18.5. The van der Waals surface area contributed by atoms with Crippen LogP contribution in [0.1, 0.15) is 10.4 Å². The summed E-state index contributed by atoms with van der Waals surface area (Å²) in [5, 5.41) is 30.6. The minimum atomic E-state index is -0.373. The van der Waals surface area contributed by atoms with Crippen LogP contribution in [-0.4, -0.2) is 47.6 Å². The molecule has 0 unspecified atom stereocenters. The lowest BCUT2D eigenvalue weighted by molar-refractivity contribution is 0.102. The second-order valence-corrected chi connectivity index (χ2v) is 7.03. The molecule has 3 N–H and O–H groups in total. The van der Waals surface area contributed by atoms with Gasteiger partial charge in [0.25, 0.3) is 11.8 Å². The minimum Gasteiger partial charge on any atom is -0.507 e. The van der Waals surface area contributed by atoms with E-state index in [-0.39, 0.29) is 34.8 Å². The SMILES string of the molecule is COc1cc(C(=O)Nc2ccc(-c3nnc(-c4c(O)cccc4O)o3)cc2)cc(OC)c1OC. The highest BCUT2D eigenvalue weighted by molar-refractivity contribution is 6.05. The van der Waals surface area contributed by atoms with Crippen molar-refractivity contribution in [1.82, 2.24) is 10.2 Å². The lowest BCUT2D eigenvalue weighted by Crippen LogP contribution is -2.12. The van der Waals surface area contributed by atoms with E-state index < -0.39 is 0 Å². The summed E-state index contributed by atoms with van der Waals surface area (Å²) in [6, 6.07) is 14.1. The van der Waals surface area contributed by atoms with Crippen molar-refractivity contribution < 1.29 is 33.6 Å². The number of anilines is 1. The number of aromatic nitrogens is 2. The minimum absolute atomic E-state index is 0.0228. The fraction of sp³-hybridized carbons (Fsp3) is 0.125. The van der Waals surface area contributed by atoms with Gasteiger partial charge >= 0.3 is 0 Å². The molecule has 0 aliphatic heterocycles. The molecule has 10 heteroatoms. The van der Waals surface area contributed by atoms with Crippen LogP contribution in [0.4, 0.5) is 5.69 Å². The number of phenolic OH excluding ortho intramolecular Hbond substituents is 2. The number of amides is 1. The van der Waals surface area contributed by atoms with E-state index in [1.54, 1.807) is 36.4 Å². The molecule has 1 heterocycles. The molecule has 0 saturated heterocycles. The van der Waals surface area contributed by atoms with E-state index in [1.807, 2.05) is 0 Å². The van der Waals surface area contributed by atoms with Crippen molar-refractivity contribution in [3.63, 3.8) is 0 Å². The Hall–Kier alpha value is -4.73. The van der Waals surface area contributed by atoms with E-state index in [0.29, 0.717) is 34.1 Å². The van der Waals surface area contributed by atoms with Gasteiger partial charge < -0.3 is 34.2 Å². The van der Waals surface area contributed by atoms with Crippen molar-refractivity contribution in [2.24, 2.45) is 0 Å². The fourth-order valence-corrected chi connectivity index (χ4v) is 3.30. The smallest absolute Gasteiger partial charge is 0.255 e. The molecule has 34 heavy (non-hydrogen) atoms. The molecule has 1 amide bonds. The number of nitrogens with zero attached hydrogens (tertiary/aromatic N) is 2. The number of phenols is 2. The third-order valence-corrected chi connectivity index (χ3v) is 4.98. The number of methoxy groups -OCH3 is 3. The van der Waals surface area contributed by atoms with Gasteiger partial charge in [-0.1, -0.05) is 6.07 Å². The number of carbonyl (C=O) groups is 1. The van der Waals surface area contributed by atoms with Gasteiger partial charge in [-0.3, -0.25) is 4.79 Å². The topological polar surface area (TPSA) is 136 Å². The summed E-state index contributed by atoms with van der Waals surface area (Å²) in [7, 11) is 4.43. The van der Waals surface area contributed by atoms with Gasteiger partial charge in [0.2, 0.25) is 11.6 Å². The monoisotopic (exact) mass is 463 g/mol. The maximum atomic E-state index is 12.8. The van der Waals surface area contributed by atoms with Crippen molar-refractivity contribution in [3.8, 4) is 51.7 Å². The van der Waals surface area contributed by atoms with Gasteiger partial charge in [-0.25, -0.2) is 0 Å². The van der Waals surface area contributed by atoms with Crippen LogP contribution in [-0.2, 0) is 0 Å². The summed E-state index contributed by atoms with van der Waals surface area (Å²) in [6.45, 7) is 0. The first-order valence-corrected chi connectivity index (χ1v) is 10.0. The molecule has 0 aliphatic rings. The zero-order chi connectivity index (χ0) is 24.2. The Labute approximate surface area is 194 Å². The summed E-state index contributed by atoms with van der Waals surface area (Å²) >= 11 is 0. The summed E-state index contributed by atoms with van der Waals surface area (Å²) in [6.07, 6.45) is 0. The molecule has 4 aromatic rings. The number of nitrogens with one attached hydrogen (secondary N) is 1. The van der Waals surface area contributed by atoms with Crippen LogP contribution in [0.3, 0.4) is 0 Å². The predicted octanol–water partition coefficient (Wildman–Crippen LogP) is 4.09. The number of hydrogen-bond acceptors (Lipinski definition) is 9. The average molecular weight is 463 g/mol. The van der Waals surface area contributed by atoms with E-state index in [1.165, 1.54) is 39.5 Å². The first-order chi connectivity index (χ1) is 16.4. The first-order valence-electron chi connectivity index (χ1n) is 10.0. The number of rotatable bonds is 7. The number of hydrogen-bond donors (Lipinski definition) is 3. The average Bonchev–Trinajstić information content (AvgIpc) is 3.33. The van der Waals surface area contributed by atoms with Crippen LogP contribution in [0, 0.1) is 0 Å². The van der Waals surface area contributed by atoms with Crippen molar-refractivity contribution in [3.05, 3.63) is 60.2 Å². The van der Waals surface area contributed by atoms with Gasteiger partial charge in [0.1, 0.15) is 17.1 Å². The number of carbonyl (C=O) groups excluding carboxylic acids is 1. The number of ether oxygens (including phenoxy) is 3. The summed E-state index contributed by atoms with van der Waals surface area (Å²) < 4.78 is 21.5. The van der Waals surface area contributed by atoms with Crippen LogP contribution in [0.25, 0.3) is 22.9 Å². The van der Waals surface area contributed by atoms with Gasteiger partial charge in [0, 0.05) is 16.8 Å². The molecule has 0 saturated carbocycles. The Bertz CT molecular complexity index is 1290. The first kappa shape index (κ1) is 22.5. The summed E-state index contributed by atoms with van der Waals surface area (Å²) in [5.41, 5.74) is 1.48. The second kappa shape index (κ2) is 9.41. The van der Waals surface area contributed by atoms with Crippen LogP contribution in [0.2, 0.25) is 0 Å². The highest BCUT2D eigenvalue weighted by Crippen LogP contribution is 2.39. The van der Waals surface area contributed by atoms with Crippen molar-refractivity contribution in [2.75, 3.05) is 26.6 Å². The Kier molecular flexibility index (Phi) is 6.22. The van der Waals surface area contributed by atoms with Gasteiger partial charge in [-0.15, -0.1) is 10.2 Å². The third-order valence-electron chi connectivity index (χ3n) is 4.98. The number of benzene rings is 3. The molecule has 0 bridgehead atoms. The highest BCUT2D eigenvalue weighted by Gasteiger charge is 2.19. The van der Waals surface area contributed by atoms with Crippen LogP contribution >= 0.6 is 0 Å². The standard InChI is InChI=1S/C24H21N3O7/c1-31-18-11-14(12-19(32-2)21(18)33-3)22(30)25-15-9-7-13(8-10-15)23-26-27-24(34-23)20-16(28)5-4-6-17(20)29/h4-12,28-29H,1-3H3,(H,25,30). The molecule has 0 atom stereocenters. The Balaban J connectivity index is 1.53. The molecule has 0 radical (unpaired) electrons. The molecule has 1 aromatic heterocycles. The van der Waals surface area contributed by atoms with Gasteiger partial charge in [-0.2, -0.15) is 0 Å². The van der Waals surface area contributed by atoms with Crippen LogP contribution in [0.15, 0.2) is 59.0 Å². The van der Waals surface area contributed by atoms with E-state index in [9.17, 15) is 15.0 Å².